The van der Waals surface area contributed by atoms with Gasteiger partial charge in [-0.1, -0.05) is 0 Å². The summed E-state index contributed by atoms with van der Waals surface area (Å²) in [6.45, 7) is 0. The number of aromatic amines is 1. The molecule has 2 aromatic heterocycles. The minimum absolute atomic E-state index is 0.00116. The van der Waals surface area contributed by atoms with Gasteiger partial charge in [0.25, 0.3) is 0 Å². The van der Waals surface area contributed by atoms with Crippen molar-refractivity contribution in [3.05, 3.63) is 28.7 Å². The fraction of sp³-hybridized carbons (Fsp3) is 0.143. The minimum atomic E-state index is -0.00116. The van der Waals surface area contributed by atoms with E-state index in [0.717, 1.165) is 5.52 Å². The number of H-pyrrole nitrogens is 1. The molecule has 11 heavy (non-hydrogen) atoms. The van der Waals surface area contributed by atoms with Crippen LogP contribution < -0.4 is 5.43 Å². The lowest BCUT2D eigenvalue weighted by Crippen LogP contribution is -2.04. The van der Waals surface area contributed by atoms with Gasteiger partial charge in [0.1, 0.15) is 5.52 Å². The number of rotatable bonds is 0. The highest BCUT2D eigenvalue weighted by molar-refractivity contribution is 5.73. The number of aromatic nitrogens is 3. The van der Waals surface area contributed by atoms with Crippen LogP contribution in [0.1, 0.15) is 0 Å². The summed E-state index contributed by atoms with van der Waals surface area (Å²) in [5.74, 6) is 0. The number of hydrogen-bond acceptors (Lipinski definition) is 2. The molecule has 0 saturated carbocycles. The van der Waals surface area contributed by atoms with Crippen LogP contribution in [0.5, 0.6) is 0 Å². The van der Waals surface area contributed by atoms with Gasteiger partial charge in [0, 0.05) is 19.3 Å². The molecule has 0 spiro atoms. The van der Waals surface area contributed by atoms with Crippen molar-refractivity contribution in [1.29, 1.82) is 0 Å². The van der Waals surface area contributed by atoms with E-state index in [0.29, 0.717) is 5.52 Å². The number of aryl methyl sites for hydroxylation is 1. The van der Waals surface area contributed by atoms with E-state index in [1.807, 2.05) is 0 Å². The van der Waals surface area contributed by atoms with Crippen LogP contribution in [0.3, 0.4) is 0 Å². The molecule has 2 aromatic rings. The molecule has 2 rings (SSSR count). The van der Waals surface area contributed by atoms with Crippen LogP contribution in [0.4, 0.5) is 0 Å². The third-order valence-electron chi connectivity index (χ3n) is 1.65. The smallest absolute Gasteiger partial charge is 0.207 e. The Morgan fingerprint density at radius 1 is 1.64 bits per heavy atom. The molecule has 0 aliphatic carbocycles. The second-order valence-electron chi connectivity index (χ2n) is 2.37. The summed E-state index contributed by atoms with van der Waals surface area (Å²) in [6, 6.07) is 1.49. The third kappa shape index (κ3) is 0.756. The highest BCUT2D eigenvalue weighted by Gasteiger charge is 2.00. The van der Waals surface area contributed by atoms with Gasteiger partial charge in [-0.2, -0.15) is 5.10 Å². The molecule has 4 heteroatoms. The van der Waals surface area contributed by atoms with Crippen LogP contribution in [-0.2, 0) is 7.05 Å². The normalized spacial score (nSPS) is 10.6. The van der Waals surface area contributed by atoms with Gasteiger partial charge >= 0.3 is 0 Å². The summed E-state index contributed by atoms with van der Waals surface area (Å²) in [7, 11) is 1.75. The first-order valence-electron chi connectivity index (χ1n) is 3.28. The highest BCUT2D eigenvalue weighted by Crippen LogP contribution is 2.01. The highest BCUT2D eigenvalue weighted by atomic mass is 16.1. The van der Waals surface area contributed by atoms with E-state index >= 15 is 0 Å². The van der Waals surface area contributed by atoms with Crippen molar-refractivity contribution in [3.63, 3.8) is 0 Å². The standard InChI is InChI=1S/C7H7N3O/c1-10-7-5(4-9-10)8-3-2-6(7)11/h2-4H,1H3,(H,8,11). The molecule has 1 N–H and O–H groups in total. The van der Waals surface area contributed by atoms with Crippen molar-refractivity contribution in [2.24, 2.45) is 7.05 Å². The predicted octanol–water partition coefficient (Wildman–Crippen LogP) is 0.262. The van der Waals surface area contributed by atoms with Crippen LogP contribution >= 0.6 is 0 Å². The average Bonchev–Trinajstić information content (AvgIpc) is 2.34. The van der Waals surface area contributed by atoms with Crippen molar-refractivity contribution in [2.75, 3.05) is 0 Å². The van der Waals surface area contributed by atoms with E-state index in [1.54, 1.807) is 24.1 Å². The molecule has 56 valence electrons. The summed E-state index contributed by atoms with van der Waals surface area (Å²) >= 11 is 0. The maximum Gasteiger partial charge on any atom is 0.207 e. The van der Waals surface area contributed by atoms with E-state index in [4.69, 9.17) is 0 Å². The SMILES string of the molecule is Cn1ncc2[nH]ccc(=O)c21. The third-order valence-corrected chi connectivity index (χ3v) is 1.65. The molecule has 0 aliphatic rings. The second-order valence-corrected chi connectivity index (χ2v) is 2.37. The lowest BCUT2D eigenvalue weighted by atomic mass is 10.4. The zero-order valence-corrected chi connectivity index (χ0v) is 6.03. The summed E-state index contributed by atoms with van der Waals surface area (Å²) in [5.41, 5.74) is 1.39. The lowest BCUT2D eigenvalue weighted by molar-refractivity contribution is 0.794. The van der Waals surface area contributed by atoms with Gasteiger partial charge in [-0.3, -0.25) is 9.48 Å². The Hall–Kier alpha value is -1.58. The summed E-state index contributed by atoms with van der Waals surface area (Å²) in [5, 5.41) is 3.94. The van der Waals surface area contributed by atoms with Gasteiger partial charge in [0.15, 0.2) is 0 Å². The molecule has 0 saturated heterocycles. The Balaban J connectivity index is 3.08. The molecule has 0 amide bonds. The quantitative estimate of drug-likeness (QED) is 0.584. The van der Waals surface area contributed by atoms with Crippen LogP contribution in [-0.4, -0.2) is 14.8 Å². The van der Waals surface area contributed by atoms with E-state index in [1.165, 1.54) is 6.07 Å². The van der Waals surface area contributed by atoms with Crippen LogP contribution in [0.15, 0.2) is 23.3 Å². The molecule has 0 fully saturated rings. The van der Waals surface area contributed by atoms with E-state index in [-0.39, 0.29) is 5.43 Å². The lowest BCUT2D eigenvalue weighted by Gasteiger charge is -1.89. The minimum Gasteiger partial charge on any atom is -0.358 e. The molecular weight excluding hydrogens is 142 g/mol. The van der Waals surface area contributed by atoms with Gasteiger partial charge in [-0.15, -0.1) is 0 Å². The monoisotopic (exact) mass is 149 g/mol. The van der Waals surface area contributed by atoms with Crippen molar-refractivity contribution >= 4 is 11.0 Å². The molecule has 0 unspecified atom stereocenters. The molecule has 0 aromatic carbocycles. The van der Waals surface area contributed by atoms with E-state index in [9.17, 15) is 4.79 Å². The Labute approximate surface area is 62.5 Å². The molecular formula is C7H7N3O. The van der Waals surface area contributed by atoms with E-state index in [2.05, 4.69) is 10.1 Å². The maximum atomic E-state index is 11.2. The average molecular weight is 149 g/mol. The fourth-order valence-corrected chi connectivity index (χ4v) is 1.12. The van der Waals surface area contributed by atoms with Crippen molar-refractivity contribution in [3.8, 4) is 0 Å². The van der Waals surface area contributed by atoms with Gasteiger partial charge in [0.05, 0.1) is 11.7 Å². The van der Waals surface area contributed by atoms with Crippen LogP contribution in [0.2, 0.25) is 0 Å². The fourth-order valence-electron chi connectivity index (χ4n) is 1.12. The zero-order valence-electron chi connectivity index (χ0n) is 6.03. The predicted molar refractivity (Wildman–Crippen MR) is 41.3 cm³/mol. The molecule has 0 aliphatic heterocycles. The summed E-state index contributed by atoms with van der Waals surface area (Å²) < 4.78 is 1.56. The Bertz CT molecular complexity index is 440. The summed E-state index contributed by atoms with van der Waals surface area (Å²) in [6.07, 6.45) is 3.25. The second kappa shape index (κ2) is 1.95. The summed E-state index contributed by atoms with van der Waals surface area (Å²) in [4.78, 5) is 14.1. The van der Waals surface area contributed by atoms with E-state index < -0.39 is 0 Å². The van der Waals surface area contributed by atoms with Gasteiger partial charge in [-0.05, 0) is 0 Å². The molecule has 0 radical (unpaired) electrons. The first kappa shape index (κ1) is 6.15. The van der Waals surface area contributed by atoms with Crippen LogP contribution in [0, 0.1) is 0 Å². The van der Waals surface area contributed by atoms with Crippen molar-refractivity contribution < 1.29 is 0 Å². The zero-order chi connectivity index (χ0) is 7.84. The molecule has 0 atom stereocenters. The Kier molecular flexibility index (Phi) is 1.09. The van der Waals surface area contributed by atoms with Crippen molar-refractivity contribution in [2.45, 2.75) is 0 Å². The molecule has 0 bridgehead atoms. The molecule has 2 heterocycles. The Morgan fingerprint density at radius 3 is 3.18 bits per heavy atom. The van der Waals surface area contributed by atoms with Crippen LogP contribution in [0.25, 0.3) is 11.0 Å². The van der Waals surface area contributed by atoms with Gasteiger partial charge in [-0.25, -0.2) is 0 Å². The number of hydrogen-bond donors (Lipinski definition) is 1. The Morgan fingerprint density at radius 2 is 2.45 bits per heavy atom. The number of nitrogens with zero attached hydrogens (tertiary/aromatic N) is 2. The number of fused-ring (bicyclic) bond motifs is 1. The first-order chi connectivity index (χ1) is 5.29. The number of nitrogens with one attached hydrogen (secondary N) is 1. The molecule has 4 nitrogen and oxygen atoms in total. The van der Waals surface area contributed by atoms with Crippen molar-refractivity contribution in [1.82, 2.24) is 14.8 Å². The maximum absolute atomic E-state index is 11.2. The number of pyridine rings is 1. The largest absolute Gasteiger partial charge is 0.358 e. The van der Waals surface area contributed by atoms with Gasteiger partial charge in [0.2, 0.25) is 5.43 Å². The van der Waals surface area contributed by atoms with Gasteiger partial charge < -0.3 is 4.98 Å². The topological polar surface area (TPSA) is 50.7 Å². The first-order valence-corrected chi connectivity index (χ1v) is 3.28.